The van der Waals surface area contributed by atoms with Crippen LogP contribution in [0.15, 0.2) is 0 Å². The fourth-order valence-electron chi connectivity index (χ4n) is 0.724. The monoisotopic (exact) mass is 152 g/mol. The van der Waals surface area contributed by atoms with Crippen LogP contribution in [0.2, 0.25) is 0 Å². The molecule has 0 aromatic rings. The molecule has 8 heavy (non-hydrogen) atoms. The van der Waals surface area contributed by atoms with Gasteiger partial charge in [-0.1, -0.05) is 6.92 Å². The van der Waals surface area contributed by atoms with E-state index in [1.54, 1.807) is 0 Å². The van der Waals surface area contributed by atoms with Crippen molar-refractivity contribution in [2.24, 2.45) is 0 Å². The molecule has 2 heteroatoms. The van der Waals surface area contributed by atoms with E-state index in [1.807, 2.05) is 0 Å². The van der Waals surface area contributed by atoms with Crippen molar-refractivity contribution in [3.63, 3.8) is 0 Å². The van der Waals surface area contributed by atoms with Gasteiger partial charge in [-0.25, -0.2) is 10.0 Å². The quantitative estimate of drug-likeness (QED) is 0.575. The van der Waals surface area contributed by atoms with Gasteiger partial charge in [-0.3, -0.25) is 0 Å². The summed E-state index contributed by atoms with van der Waals surface area (Å²) in [5.74, 6) is 1.27. The molecule has 0 amide bonds. The molecule has 0 nitrogen and oxygen atoms in total. The molecule has 0 aromatic carbocycles. The zero-order chi connectivity index (χ0) is 6.78. The van der Waals surface area contributed by atoms with Crippen LogP contribution < -0.4 is 0 Å². The standard InChI is InChI=1S/C6H16S2/c1-6(7)5-8(2,3)4/h6-7H,5H2,1-4H3. The van der Waals surface area contributed by atoms with E-state index in [0.717, 1.165) is 0 Å². The Bertz CT molecular complexity index is 61.4. The van der Waals surface area contributed by atoms with Gasteiger partial charge in [0.2, 0.25) is 0 Å². The lowest BCUT2D eigenvalue weighted by molar-refractivity contribution is 1.13. The summed E-state index contributed by atoms with van der Waals surface area (Å²) in [7, 11) is -0.300. The summed E-state index contributed by atoms with van der Waals surface area (Å²) in [4.78, 5) is 0. The Morgan fingerprint density at radius 1 is 1.38 bits per heavy atom. The van der Waals surface area contributed by atoms with Gasteiger partial charge in [0.15, 0.2) is 0 Å². The van der Waals surface area contributed by atoms with Crippen molar-refractivity contribution in [3.8, 4) is 0 Å². The predicted octanol–water partition coefficient (Wildman–Crippen LogP) is 2.00. The van der Waals surface area contributed by atoms with E-state index in [-0.39, 0.29) is 10.0 Å². The molecule has 0 aliphatic heterocycles. The second-order valence-electron chi connectivity index (χ2n) is 3.11. The molecule has 0 aromatic heterocycles. The van der Waals surface area contributed by atoms with E-state index in [4.69, 9.17) is 0 Å². The molecular weight excluding hydrogens is 136 g/mol. The van der Waals surface area contributed by atoms with Crippen molar-refractivity contribution in [1.29, 1.82) is 0 Å². The highest BCUT2D eigenvalue weighted by molar-refractivity contribution is 8.32. The summed E-state index contributed by atoms with van der Waals surface area (Å²) < 4.78 is 0. The van der Waals surface area contributed by atoms with Gasteiger partial charge < -0.3 is 0 Å². The Labute approximate surface area is 59.8 Å². The number of thiol groups is 1. The van der Waals surface area contributed by atoms with Crippen molar-refractivity contribution in [3.05, 3.63) is 0 Å². The third-order valence-corrected chi connectivity index (χ3v) is 2.67. The average molecular weight is 152 g/mol. The second-order valence-corrected chi connectivity index (χ2v) is 8.50. The minimum Gasteiger partial charge on any atom is -0.249 e. The molecule has 1 unspecified atom stereocenters. The van der Waals surface area contributed by atoms with Crippen LogP contribution in [0, 0.1) is 0 Å². The highest BCUT2D eigenvalue weighted by atomic mass is 32.3. The van der Waals surface area contributed by atoms with Gasteiger partial charge >= 0.3 is 0 Å². The lowest BCUT2D eigenvalue weighted by atomic mass is 10.6. The zero-order valence-corrected chi connectivity index (χ0v) is 7.85. The van der Waals surface area contributed by atoms with Gasteiger partial charge in [0.25, 0.3) is 0 Å². The predicted molar refractivity (Wildman–Crippen MR) is 48.7 cm³/mol. The van der Waals surface area contributed by atoms with Crippen LogP contribution in [0.5, 0.6) is 0 Å². The minimum absolute atomic E-state index is 0.300. The molecule has 52 valence electrons. The van der Waals surface area contributed by atoms with Gasteiger partial charge in [0, 0.05) is 5.25 Å². The molecule has 0 fully saturated rings. The Morgan fingerprint density at radius 2 is 1.75 bits per heavy atom. The minimum atomic E-state index is -0.300. The fraction of sp³-hybridized carbons (Fsp3) is 1.00. The van der Waals surface area contributed by atoms with Gasteiger partial charge in [-0.05, 0) is 24.5 Å². The molecule has 0 spiro atoms. The molecule has 0 bridgehead atoms. The van der Waals surface area contributed by atoms with E-state index in [9.17, 15) is 0 Å². The first kappa shape index (κ1) is 8.70. The largest absolute Gasteiger partial charge is 0.249 e. The Hall–Kier alpha value is 0.700. The molecule has 1 atom stereocenters. The number of hydrogen-bond donors (Lipinski definition) is 1. The van der Waals surface area contributed by atoms with E-state index in [0.29, 0.717) is 5.25 Å². The van der Waals surface area contributed by atoms with Gasteiger partial charge in [0.1, 0.15) is 0 Å². The summed E-state index contributed by atoms with van der Waals surface area (Å²) in [5.41, 5.74) is 0. The number of rotatable bonds is 2. The molecule has 0 saturated heterocycles. The van der Waals surface area contributed by atoms with Crippen LogP contribution in [0.4, 0.5) is 0 Å². The summed E-state index contributed by atoms with van der Waals surface area (Å²) in [5, 5.41) is 0.574. The smallest absolute Gasteiger partial charge is 0.00643 e. The highest BCUT2D eigenvalue weighted by Gasteiger charge is 2.05. The first-order chi connectivity index (χ1) is 3.42. The van der Waals surface area contributed by atoms with Gasteiger partial charge in [-0.2, -0.15) is 12.6 Å². The first-order valence-corrected chi connectivity index (χ1v) is 6.30. The van der Waals surface area contributed by atoms with Gasteiger partial charge in [0.05, 0.1) is 0 Å². The van der Waals surface area contributed by atoms with Crippen molar-refractivity contribution >= 4 is 22.7 Å². The average Bonchev–Trinajstić information content (AvgIpc) is 1.21. The second kappa shape index (κ2) is 3.02. The lowest BCUT2D eigenvalue weighted by Gasteiger charge is -2.26. The van der Waals surface area contributed by atoms with E-state index < -0.39 is 0 Å². The lowest BCUT2D eigenvalue weighted by Crippen LogP contribution is -2.07. The maximum Gasteiger partial charge on any atom is 0.00643 e. The van der Waals surface area contributed by atoms with Crippen molar-refractivity contribution in [2.45, 2.75) is 12.2 Å². The Morgan fingerprint density at radius 3 is 1.75 bits per heavy atom. The molecule has 0 N–H and O–H groups in total. The van der Waals surface area contributed by atoms with Crippen LogP contribution in [-0.4, -0.2) is 29.8 Å². The summed E-state index contributed by atoms with van der Waals surface area (Å²) in [6.45, 7) is 2.15. The maximum absolute atomic E-state index is 4.31. The molecule has 0 rings (SSSR count). The van der Waals surface area contributed by atoms with Crippen LogP contribution in [0.1, 0.15) is 6.92 Å². The molecular formula is C6H16S2. The van der Waals surface area contributed by atoms with Crippen LogP contribution in [-0.2, 0) is 0 Å². The molecule has 0 heterocycles. The molecule has 0 aliphatic rings. The van der Waals surface area contributed by atoms with E-state index in [2.05, 4.69) is 38.3 Å². The SMILES string of the molecule is CC(S)CS(C)(C)C. The summed E-state index contributed by atoms with van der Waals surface area (Å²) in [6, 6.07) is 0. The van der Waals surface area contributed by atoms with Crippen molar-refractivity contribution in [1.82, 2.24) is 0 Å². The molecule has 0 radical (unpaired) electrons. The van der Waals surface area contributed by atoms with Crippen LogP contribution >= 0.6 is 22.7 Å². The summed E-state index contributed by atoms with van der Waals surface area (Å²) in [6.07, 6.45) is 6.96. The van der Waals surface area contributed by atoms with Crippen LogP contribution in [0.3, 0.4) is 0 Å². The molecule has 0 saturated carbocycles. The zero-order valence-electron chi connectivity index (χ0n) is 6.14. The third-order valence-electron chi connectivity index (χ3n) is 0.741. The topological polar surface area (TPSA) is 0 Å². The van der Waals surface area contributed by atoms with Gasteiger partial charge in [-0.15, -0.1) is 0 Å². The third kappa shape index (κ3) is 6.70. The fourth-order valence-corrected chi connectivity index (χ4v) is 3.51. The first-order valence-electron chi connectivity index (χ1n) is 2.76. The van der Waals surface area contributed by atoms with E-state index >= 15 is 0 Å². The Balaban J connectivity index is 3.39. The highest BCUT2D eigenvalue weighted by Crippen LogP contribution is 2.35. The normalized spacial score (nSPS) is 18.1. The van der Waals surface area contributed by atoms with Crippen molar-refractivity contribution in [2.75, 3.05) is 24.5 Å². The molecule has 0 aliphatic carbocycles. The summed E-state index contributed by atoms with van der Waals surface area (Å²) >= 11 is 4.31. The maximum atomic E-state index is 4.31. The van der Waals surface area contributed by atoms with Crippen molar-refractivity contribution < 1.29 is 0 Å². The van der Waals surface area contributed by atoms with E-state index in [1.165, 1.54) is 5.75 Å². The number of hydrogen-bond acceptors (Lipinski definition) is 1. The Kier molecular flexibility index (Phi) is 3.28. The van der Waals surface area contributed by atoms with Crippen LogP contribution in [0.25, 0.3) is 0 Å².